The van der Waals surface area contributed by atoms with Gasteiger partial charge in [0.1, 0.15) is 3.70 Å². The van der Waals surface area contributed by atoms with Crippen LogP contribution in [0.25, 0.3) is 0 Å². The van der Waals surface area contributed by atoms with E-state index in [1.165, 1.54) is 0 Å². The van der Waals surface area contributed by atoms with Gasteiger partial charge in [-0.3, -0.25) is 4.68 Å². The molecule has 0 saturated heterocycles. The summed E-state index contributed by atoms with van der Waals surface area (Å²) in [7, 11) is 0. The van der Waals surface area contributed by atoms with Crippen molar-refractivity contribution in [3.05, 3.63) is 13.9 Å². The molecule has 0 aromatic carbocycles. The molecule has 4 heteroatoms. The van der Waals surface area contributed by atoms with Gasteiger partial charge in [0.15, 0.2) is 0 Å². The van der Waals surface area contributed by atoms with Crippen LogP contribution in [0.2, 0.25) is 0 Å². The molecule has 0 unspecified atom stereocenters. The van der Waals surface area contributed by atoms with Crippen LogP contribution in [0.1, 0.15) is 26.5 Å². The molecular weight excluding hydrogens is 331 g/mol. The minimum absolute atomic E-state index is 0.0628. The first kappa shape index (κ1) is 10.5. The van der Waals surface area contributed by atoms with Gasteiger partial charge in [0.25, 0.3) is 0 Å². The predicted octanol–water partition coefficient (Wildman–Crippen LogP) is 3.31. The van der Waals surface area contributed by atoms with E-state index in [-0.39, 0.29) is 5.54 Å². The molecule has 68 valence electrons. The van der Waals surface area contributed by atoms with Crippen molar-refractivity contribution in [3.8, 4) is 0 Å². The van der Waals surface area contributed by atoms with Crippen LogP contribution in [0.4, 0.5) is 0 Å². The molecule has 0 amide bonds. The third-order valence-corrected chi connectivity index (χ3v) is 4.26. The predicted molar refractivity (Wildman–Crippen MR) is 62.4 cm³/mol. The van der Waals surface area contributed by atoms with E-state index in [1.807, 2.05) is 11.6 Å². The summed E-state index contributed by atoms with van der Waals surface area (Å²) < 4.78 is 4.31. The lowest BCUT2D eigenvalue weighted by Crippen LogP contribution is -2.24. The maximum absolute atomic E-state index is 4.44. The van der Waals surface area contributed by atoms with Crippen LogP contribution in [-0.4, -0.2) is 9.78 Å². The lowest BCUT2D eigenvalue weighted by atomic mass is 10.1. The summed E-state index contributed by atoms with van der Waals surface area (Å²) in [5.74, 6) is 0. The van der Waals surface area contributed by atoms with Crippen molar-refractivity contribution in [2.45, 2.75) is 33.2 Å². The fourth-order valence-corrected chi connectivity index (χ4v) is 2.39. The zero-order valence-electron chi connectivity index (χ0n) is 7.65. The monoisotopic (exact) mass is 342 g/mol. The normalized spacial score (nSPS) is 12.2. The Bertz CT molecular complexity index is 299. The lowest BCUT2D eigenvalue weighted by molar-refractivity contribution is 0.346. The first-order chi connectivity index (χ1) is 5.34. The Balaban J connectivity index is 3.28. The molecule has 2 nitrogen and oxygen atoms in total. The van der Waals surface area contributed by atoms with E-state index in [4.69, 9.17) is 0 Å². The average Bonchev–Trinajstić information content (AvgIpc) is 2.15. The molecule has 1 aromatic heterocycles. The van der Waals surface area contributed by atoms with Gasteiger partial charge >= 0.3 is 0 Å². The molecule has 1 heterocycles. The number of aromatic nitrogens is 2. The highest BCUT2D eigenvalue weighted by Gasteiger charge is 2.20. The van der Waals surface area contributed by atoms with Gasteiger partial charge in [-0.1, -0.05) is 0 Å². The Morgan fingerprint density at radius 3 is 2.08 bits per heavy atom. The summed E-state index contributed by atoms with van der Waals surface area (Å²) in [6, 6.07) is 0. The van der Waals surface area contributed by atoms with Gasteiger partial charge < -0.3 is 0 Å². The molecule has 0 radical (unpaired) electrons. The minimum Gasteiger partial charge on any atom is -0.253 e. The highest BCUT2D eigenvalue weighted by Crippen LogP contribution is 2.27. The molecule has 0 N–H and O–H groups in total. The van der Waals surface area contributed by atoms with Crippen LogP contribution in [0, 0.1) is 10.6 Å². The molecule has 1 rings (SSSR count). The quantitative estimate of drug-likeness (QED) is 0.661. The van der Waals surface area contributed by atoms with Crippen LogP contribution in [0.15, 0.2) is 4.47 Å². The summed E-state index contributed by atoms with van der Waals surface area (Å²) >= 11 is 5.81. The van der Waals surface area contributed by atoms with Gasteiger partial charge in [-0.25, -0.2) is 0 Å². The molecule has 12 heavy (non-hydrogen) atoms. The van der Waals surface area contributed by atoms with E-state index in [0.717, 1.165) is 13.9 Å². The summed E-state index contributed by atoms with van der Waals surface area (Å²) in [5, 5.41) is 4.44. The Kier molecular flexibility index (Phi) is 2.88. The molecule has 0 bridgehead atoms. The second kappa shape index (κ2) is 3.29. The Morgan fingerprint density at radius 2 is 1.92 bits per heavy atom. The largest absolute Gasteiger partial charge is 0.253 e. The molecule has 0 saturated carbocycles. The van der Waals surface area contributed by atoms with E-state index in [1.54, 1.807) is 0 Å². The molecule has 0 aliphatic carbocycles. The highest BCUT2D eigenvalue weighted by atomic mass is 127. The van der Waals surface area contributed by atoms with Crippen molar-refractivity contribution in [1.29, 1.82) is 0 Å². The van der Waals surface area contributed by atoms with Crippen LogP contribution in [0.5, 0.6) is 0 Å². The standard InChI is InChI=1S/C8H12BrIN2/c1-5-6(9)7(10)12(11-5)8(2,3)4/h1-4H3. The summed E-state index contributed by atoms with van der Waals surface area (Å²) in [5.41, 5.74) is 1.11. The van der Waals surface area contributed by atoms with Gasteiger partial charge in [-0.15, -0.1) is 0 Å². The number of hydrogen-bond acceptors (Lipinski definition) is 1. The van der Waals surface area contributed by atoms with Crippen molar-refractivity contribution in [2.75, 3.05) is 0 Å². The minimum atomic E-state index is 0.0628. The van der Waals surface area contributed by atoms with Crippen LogP contribution >= 0.6 is 38.5 Å². The molecule has 0 aliphatic rings. The second-order valence-electron chi connectivity index (χ2n) is 3.77. The highest BCUT2D eigenvalue weighted by molar-refractivity contribution is 14.1. The lowest BCUT2D eigenvalue weighted by Gasteiger charge is -2.20. The van der Waals surface area contributed by atoms with Crippen molar-refractivity contribution in [2.24, 2.45) is 0 Å². The van der Waals surface area contributed by atoms with Crippen molar-refractivity contribution >= 4 is 38.5 Å². The van der Waals surface area contributed by atoms with Crippen molar-refractivity contribution in [3.63, 3.8) is 0 Å². The first-order valence-corrected chi connectivity index (χ1v) is 5.62. The molecule has 0 atom stereocenters. The Hall–Kier alpha value is 0.420. The van der Waals surface area contributed by atoms with Gasteiger partial charge in [0, 0.05) is 0 Å². The number of aryl methyl sites for hydroxylation is 1. The van der Waals surface area contributed by atoms with E-state index in [0.29, 0.717) is 0 Å². The van der Waals surface area contributed by atoms with E-state index < -0.39 is 0 Å². The van der Waals surface area contributed by atoms with Crippen molar-refractivity contribution in [1.82, 2.24) is 9.78 Å². The van der Waals surface area contributed by atoms with E-state index >= 15 is 0 Å². The average molecular weight is 343 g/mol. The maximum Gasteiger partial charge on any atom is 0.114 e. The van der Waals surface area contributed by atoms with Gasteiger partial charge in [-0.05, 0) is 66.2 Å². The van der Waals surface area contributed by atoms with Crippen LogP contribution in [0.3, 0.4) is 0 Å². The molecule has 0 spiro atoms. The Morgan fingerprint density at radius 1 is 1.42 bits per heavy atom. The number of rotatable bonds is 0. The summed E-state index contributed by atoms with van der Waals surface area (Å²) in [6.07, 6.45) is 0. The molecule has 0 fully saturated rings. The van der Waals surface area contributed by atoms with Crippen LogP contribution < -0.4 is 0 Å². The molecule has 1 aromatic rings. The molecule has 0 aliphatic heterocycles. The van der Waals surface area contributed by atoms with Gasteiger partial charge in [0.2, 0.25) is 0 Å². The van der Waals surface area contributed by atoms with E-state index in [2.05, 4.69) is 64.4 Å². The van der Waals surface area contributed by atoms with Crippen molar-refractivity contribution < 1.29 is 0 Å². The Labute approximate surface area is 95.0 Å². The van der Waals surface area contributed by atoms with E-state index in [9.17, 15) is 0 Å². The molecular formula is C8H12BrIN2. The smallest absolute Gasteiger partial charge is 0.114 e. The maximum atomic E-state index is 4.44. The topological polar surface area (TPSA) is 17.8 Å². The first-order valence-electron chi connectivity index (χ1n) is 3.75. The SMILES string of the molecule is Cc1nn(C(C)(C)C)c(I)c1Br. The summed E-state index contributed by atoms with van der Waals surface area (Å²) in [6.45, 7) is 8.45. The fourth-order valence-electron chi connectivity index (χ4n) is 0.925. The van der Waals surface area contributed by atoms with Gasteiger partial charge in [0.05, 0.1) is 15.7 Å². The third-order valence-electron chi connectivity index (χ3n) is 1.57. The van der Waals surface area contributed by atoms with Crippen LogP contribution in [-0.2, 0) is 5.54 Å². The van der Waals surface area contributed by atoms with Gasteiger partial charge in [-0.2, -0.15) is 5.10 Å². The fraction of sp³-hybridized carbons (Fsp3) is 0.625. The third kappa shape index (κ3) is 1.84. The summed E-state index contributed by atoms with van der Waals surface area (Å²) in [4.78, 5) is 0. The number of hydrogen-bond donors (Lipinski definition) is 0. The zero-order valence-corrected chi connectivity index (χ0v) is 11.4. The number of halogens is 2. The zero-order chi connectivity index (χ0) is 9.52. The second-order valence-corrected chi connectivity index (χ2v) is 5.59. The number of nitrogens with zero attached hydrogens (tertiary/aromatic N) is 2.